The molecule has 0 aliphatic carbocycles. The first kappa shape index (κ1) is 24.2. The smallest absolute Gasteiger partial charge is 0.264 e. The minimum Gasteiger partial charge on any atom is -0.495 e. The number of hydrogen-bond donors (Lipinski definition) is 1. The molecular weight excluding hydrogens is 400 g/mol. The van der Waals surface area contributed by atoms with Gasteiger partial charge in [-0.15, -0.1) is 0 Å². The summed E-state index contributed by atoms with van der Waals surface area (Å²) in [4.78, 5) is 2.36. The Balaban J connectivity index is 2.40. The van der Waals surface area contributed by atoms with E-state index in [9.17, 15) is 13.5 Å². The van der Waals surface area contributed by atoms with E-state index >= 15 is 0 Å². The predicted molar refractivity (Wildman–Crippen MR) is 122 cm³/mol. The molecule has 2 aromatic rings. The van der Waals surface area contributed by atoms with Crippen LogP contribution < -0.4 is 9.04 Å². The van der Waals surface area contributed by atoms with E-state index in [4.69, 9.17) is 4.74 Å². The van der Waals surface area contributed by atoms with Crippen molar-refractivity contribution in [2.75, 3.05) is 37.6 Å². The maximum Gasteiger partial charge on any atom is 0.264 e. The Labute approximate surface area is 181 Å². The lowest BCUT2D eigenvalue weighted by Gasteiger charge is -2.30. The van der Waals surface area contributed by atoms with Crippen molar-refractivity contribution >= 4 is 15.7 Å². The van der Waals surface area contributed by atoms with E-state index in [1.54, 1.807) is 48.5 Å². The molecule has 0 amide bonds. The fourth-order valence-electron chi connectivity index (χ4n) is 3.47. The first-order valence-corrected chi connectivity index (χ1v) is 11.9. The van der Waals surface area contributed by atoms with E-state index in [2.05, 4.69) is 18.7 Å². The third kappa shape index (κ3) is 6.20. The van der Waals surface area contributed by atoms with Crippen LogP contribution in [-0.4, -0.2) is 57.8 Å². The zero-order chi connectivity index (χ0) is 22.1. The third-order valence-electron chi connectivity index (χ3n) is 4.89. The van der Waals surface area contributed by atoms with E-state index in [0.717, 1.165) is 31.5 Å². The largest absolute Gasteiger partial charge is 0.495 e. The molecular formula is C23H34N2O4S. The van der Waals surface area contributed by atoms with E-state index < -0.39 is 16.1 Å². The Hall–Kier alpha value is -2.09. The minimum absolute atomic E-state index is 0.0550. The summed E-state index contributed by atoms with van der Waals surface area (Å²) < 4.78 is 33.7. The number of anilines is 1. The maximum absolute atomic E-state index is 13.5. The Kier molecular flexibility index (Phi) is 9.14. The molecule has 1 unspecified atom stereocenters. The van der Waals surface area contributed by atoms with Crippen molar-refractivity contribution in [3.63, 3.8) is 0 Å². The average Bonchev–Trinajstić information content (AvgIpc) is 2.72. The second-order valence-electron chi connectivity index (χ2n) is 7.48. The van der Waals surface area contributed by atoms with Gasteiger partial charge in [0, 0.05) is 6.54 Å². The molecule has 0 radical (unpaired) electrons. The summed E-state index contributed by atoms with van der Waals surface area (Å²) in [5.41, 5.74) is 1.39. The van der Waals surface area contributed by atoms with Crippen LogP contribution in [-0.2, 0) is 10.0 Å². The van der Waals surface area contributed by atoms with Gasteiger partial charge < -0.3 is 14.7 Å². The number of sulfonamides is 1. The number of aliphatic hydroxyl groups excluding tert-OH is 1. The molecule has 166 valence electrons. The number of aliphatic hydroxyl groups is 1. The van der Waals surface area contributed by atoms with Crippen LogP contribution in [0.15, 0.2) is 53.4 Å². The number of para-hydroxylation sites is 2. The zero-order valence-electron chi connectivity index (χ0n) is 18.4. The van der Waals surface area contributed by atoms with Gasteiger partial charge in [0.05, 0.1) is 30.3 Å². The van der Waals surface area contributed by atoms with Gasteiger partial charge in [0.2, 0.25) is 0 Å². The number of benzene rings is 2. The summed E-state index contributed by atoms with van der Waals surface area (Å²) in [5, 5.41) is 10.8. The molecule has 1 N–H and O–H groups in total. The number of rotatable bonds is 12. The first-order chi connectivity index (χ1) is 14.3. The Morgan fingerprint density at radius 1 is 0.967 bits per heavy atom. The third-order valence-corrected chi connectivity index (χ3v) is 6.68. The quantitative estimate of drug-likeness (QED) is 0.552. The summed E-state index contributed by atoms with van der Waals surface area (Å²) in [6.07, 6.45) is 1.11. The van der Waals surface area contributed by atoms with Gasteiger partial charge in [-0.05, 0) is 57.1 Å². The number of aryl methyl sites for hydroxylation is 1. The van der Waals surface area contributed by atoms with Crippen LogP contribution in [0.1, 0.15) is 32.3 Å². The molecule has 30 heavy (non-hydrogen) atoms. The molecule has 2 aromatic carbocycles. The summed E-state index contributed by atoms with van der Waals surface area (Å²) in [6, 6.07) is 13.7. The van der Waals surface area contributed by atoms with Gasteiger partial charge in [-0.3, -0.25) is 4.31 Å². The normalized spacial score (nSPS) is 12.7. The highest BCUT2D eigenvalue weighted by Crippen LogP contribution is 2.32. The van der Waals surface area contributed by atoms with Crippen LogP contribution in [0.3, 0.4) is 0 Å². The Morgan fingerprint density at radius 3 is 2.13 bits per heavy atom. The molecule has 0 bridgehead atoms. The van der Waals surface area contributed by atoms with E-state index in [1.165, 1.54) is 11.4 Å². The number of hydrogen-bond acceptors (Lipinski definition) is 5. The van der Waals surface area contributed by atoms with Crippen LogP contribution in [0.4, 0.5) is 5.69 Å². The van der Waals surface area contributed by atoms with Crippen molar-refractivity contribution in [1.82, 2.24) is 4.90 Å². The fourth-order valence-corrected chi connectivity index (χ4v) is 4.99. The lowest BCUT2D eigenvalue weighted by molar-refractivity contribution is 0.119. The lowest BCUT2D eigenvalue weighted by Crippen LogP contribution is -2.43. The number of methoxy groups -OCH3 is 1. The van der Waals surface area contributed by atoms with Crippen molar-refractivity contribution in [1.29, 1.82) is 0 Å². The predicted octanol–water partition coefficient (Wildman–Crippen LogP) is 3.68. The molecule has 0 heterocycles. The van der Waals surface area contributed by atoms with Crippen molar-refractivity contribution in [3.05, 3.63) is 54.1 Å². The molecule has 6 nitrogen and oxygen atoms in total. The maximum atomic E-state index is 13.5. The Morgan fingerprint density at radius 2 is 1.57 bits per heavy atom. The topological polar surface area (TPSA) is 70.1 Å². The highest BCUT2D eigenvalue weighted by Gasteiger charge is 2.29. The molecule has 0 fully saturated rings. The van der Waals surface area contributed by atoms with Crippen LogP contribution in [0.5, 0.6) is 5.75 Å². The van der Waals surface area contributed by atoms with E-state index in [-0.39, 0.29) is 11.4 Å². The van der Waals surface area contributed by atoms with Crippen LogP contribution in [0, 0.1) is 6.92 Å². The van der Waals surface area contributed by atoms with Crippen molar-refractivity contribution in [3.8, 4) is 5.75 Å². The summed E-state index contributed by atoms with van der Waals surface area (Å²) in [7, 11) is -2.37. The molecule has 0 aliphatic rings. The van der Waals surface area contributed by atoms with E-state index in [1.807, 2.05) is 6.92 Å². The SMILES string of the molecule is CCCN(CCC)CC(O)CN(c1ccccc1OC)S(=O)(=O)c1ccc(C)cc1. The highest BCUT2D eigenvalue weighted by molar-refractivity contribution is 7.92. The van der Waals surface area contributed by atoms with E-state index in [0.29, 0.717) is 18.0 Å². The van der Waals surface area contributed by atoms with Gasteiger partial charge >= 0.3 is 0 Å². The van der Waals surface area contributed by atoms with Gasteiger partial charge in [-0.1, -0.05) is 43.7 Å². The van der Waals surface area contributed by atoms with Gasteiger partial charge in [-0.25, -0.2) is 8.42 Å². The van der Waals surface area contributed by atoms with Crippen molar-refractivity contribution < 1.29 is 18.3 Å². The zero-order valence-corrected chi connectivity index (χ0v) is 19.2. The molecule has 7 heteroatoms. The number of ether oxygens (including phenoxy) is 1. The summed E-state index contributed by atoms with van der Waals surface area (Å²) >= 11 is 0. The average molecular weight is 435 g/mol. The molecule has 0 spiro atoms. The molecule has 0 saturated heterocycles. The van der Waals surface area contributed by atoms with Crippen LogP contribution >= 0.6 is 0 Å². The second-order valence-corrected chi connectivity index (χ2v) is 9.34. The number of nitrogens with zero attached hydrogens (tertiary/aromatic N) is 2. The monoisotopic (exact) mass is 434 g/mol. The molecule has 0 aliphatic heterocycles. The first-order valence-electron chi connectivity index (χ1n) is 10.5. The van der Waals surface area contributed by atoms with Gasteiger partial charge in [0.15, 0.2) is 0 Å². The van der Waals surface area contributed by atoms with Gasteiger partial charge in [0.1, 0.15) is 5.75 Å². The van der Waals surface area contributed by atoms with Crippen molar-refractivity contribution in [2.24, 2.45) is 0 Å². The molecule has 2 rings (SSSR count). The molecule has 0 aromatic heterocycles. The van der Waals surface area contributed by atoms with Crippen LogP contribution in [0.2, 0.25) is 0 Å². The molecule has 0 saturated carbocycles. The summed E-state index contributed by atoms with van der Waals surface area (Å²) in [5.74, 6) is 0.444. The fraction of sp³-hybridized carbons (Fsp3) is 0.478. The van der Waals surface area contributed by atoms with Crippen molar-refractivity contribution in [2.45, 2.75) is 44.6 Å². The second kappa shape index (κ2) is 11.3. The Bertz CT molecular complexity index is 878. The lowest BCUT2D eigenvalue weighted by atomic mass is 10.2. The minimum atomic E-state index is -3.88. The highest BCUT2D eigenvalue weighted by atomic mass is 32.2. The van der Waals surface area contributed by atoms with Gasteiger partial charge in [0.25, 0.3) is 10.0 Å². The van der Waals surface area contributed by atoms with Crippen LogP contribution in [0.25, 0.3) is 0 Å². The molecule has 1 atom stereocenters. The van der Waals surface area contributed by atoms with Gasteiger partial charge in [-0.2, -0.15) is 0 Å². The summed E-state index contributed by atoms with van der Waals surface area (Å²) in [6.45, 7) is 8.19. The standard InChI is InChI=1S/C23H34N2O4S/c1-5-15-24(16-6-2)17-20(26)18-25(22-9-7-8-10-23(22)29-4)30(27,28)21-13-11-19(3)12-14-21/h7-14,20,26H,5-6,15-18H2,1-4H3.